The molecule has 6 rings (SSSR count). The van der Waals surface area contributed by atoms with Crippen molar-refractivity contribution in [3.63, 3.8) is 0 Å². The van der Waals surface area contributed by atoms with Crippen molar-refractivity contribution in [2.24, 2.45) is 5.41 Å². The molecule has 3 atom stereocenters. The van der Waals surface area contributed by atoms with Crippen LogP contribution in [0.3, 0.4) is 0 Å². The molecule has 0 radical (unpaired) electrons. The number of halogens is 1. The van der Waals surface area contributed by atoms with E-state index >= 15 is 4.39 Å². The van der Waals surface area contributed by atoms with Crippen LogP contribution in [0.5, 0.6) is 6.01 Å². The summed E-state index contributed by atoms with van der Waals surface area (Å²) in [4.78, 5) is 44.4. The SMILES string of the molecule is COCCOc1ncnn1-c1noc2c(F)c3c(cc12)CC1(C(=O)NC(=O)NC1=O)[C@H]1[C@H](C)O[C@H](C)CN31. The molecule has 4 amide bonds. The van der Waals surface area contributed by atoms with Crippen LogP contribution in [0.25, 0.3) is 16.8 Å². The van der Waals surface area contributed by atoms with Gasteiger partial charge in [-0.25, -0.2) is 9.18 Å². The second-order valence-corrected chi connectivity index (χ2v) is 9.51. The number of nitrogens with zero attached hydrogens (tertiary/aromatic N) is 5. The molecule has 3 aliphatic heterocycles. The lowest BCUT2D eigenvalue weighted by atomic mass is 9.66. The second-order valence-electron chi connectivity index (χ2n) is 9.51. The molecule has 0 saturated carbocycles. The smallest absolute Gasteiger partial charge is 0.328 e. The highest BCUT2D eigenvalue weighted by molar-refractivity contribution is 6.20. The van der Waals surface area contributed by atoms with Crippen molar-refractivity contribution in [1.29, 1.82) is 0 Å². The second kappa shape index (κ2) is 8.73. The van der Waals surface area contributed by atoms with E-state index in [4.69, 9.17) is 18.7 Å². The van der Waals surface area contributed by atoms with Gasteiger partial charge in [0.15, 0.2) is 11.2 Å². The summed E-state index contributed by atoms with van der Waals surface area (Å²) in [5, 5.41) is 12.8. The van der Waals surface area contributed by atoms with E-state index in [0.29, 0.717) is 12.2 Å². The third-order valence-corrected chi connectivity index (χ3v) is 7.18. The first-order chi connectivity index (χ1) is 18.3. The fraction of sp³-hybridized carbons (Fsp3) is 0.478. The van der Waals surface area contributed by atoms with Gasteiger partial charge in [0.05, 0.1) is 35.9 Å². The van der Waals surface area contributed by atoms with Gasteiger partial charge in [-0.1, -0.05) is 5.16 Å². The lowest BCUT2D eigenvalue weighted by molar-refractivity contribution is -0.153. The molecule has 3 aliphatic rings. The Hall–Kier alpha value is -4.11. The first kappa shape index (κ1) is 24.2. The molecule has 38 heavy (non-hydrogen) atoms. The molecule has 2 saturated heterocycles. The van der Waals surface area contributed by atoms with Gasteiger partial charge in [0, 0.05) is 20.1 Å². The summed E-state index contributed by atoms with van der Waals surface area (Å²) in [5.74, 6) is -2.13. The summed E-state index contributed by atoms with van der Waals surface area (Å²) >= 11 is 0. The quantitative estimate of drug-likeness (QED) is 0.349. The van der Waals surface area contributed by atoms with Gasteiger partial charge in [-0.15, -0.1) is 5.10 Å². The van der Waals surface area contributed by atoms with Crippen LogP contribution in [0.4, 0.5) is 14.9 Å². The van der Waals surface area contributed by atoms with E-state index in [9.17, 15) is 14.4 Å². The molecule has 1 aromatic carbocycles. The van der Waals surface area contributed by atoms with Crippen LogP contribution in [-0.4, -0.2) is 82.9 Å². The van der Waals surface area contributed by atoms with Crippen molar-refractivity contribution < 1.29 is 37.5 Å². The van der Waals surface area contributed by atoms with Crippen LogP contribution in [0.2, 0.25) is 0 Å². The minimum absolute atomic E-state index is 0.0901. The molecule has 0 bridgehead atoms. The molecular formula is C23H24FN7O7. The Morgan fingerprint density at radius 1 is 1.21 bits per heavy atom. The number of urea groups is 1. The number of nitrogens with one attached hydrogen (secondary N) is 2. The summed E-state index contributed by atoms with van der Waals surface area (Å²) in [6, 6.07) is -0.0900. The number of carbonyl (C=O) groups excluding carboxylic acids is 3. The van der Waals surface area contributed by atoms with Crippen LogP contribution in [-0.2, 0) is 25.5 Å². The molecule has 1 spiro atoms. The van der Waals surface area contributed by atoms with Crippen LogP contribution >= 0.6 is 0 Å². The lowest BCUT2D eigenvalue weighted by Gasteiger charge is -2.55. The summed E-state index contributed by atoms with van der Waals surface area (Å²) in [5.41, 5.74) is -1.34. The van der Waals surface area contributed by atoms with Crippen molar-refractivity contribution in [2.75, 3.05) is 31.8 Å². The number of carbonyl (C=O) groups is 3. The van der Waals surface area contributed by atoms with Gasteiger partial charge in [-0.05, 0) is 25.5 Å². The number of methoxy groups -OCH3 is 1. The van der Waals surface area contributed by atoms with E-state index < -0.39 is 41.2 Å². The standard InChI is InChI=1S/C23H24FN7O7/c1-10-8-30-15-12(7-23(17(30)11(2)37-10)19(32)27-21(34)28-20(23)33)6-13-16(14(15)24)38-29-18(13)31-22(25-9-26-31)36-5-4-35-3/h6,9-11,17H,4-5,7-8H2,1-3H3,(H2,27,28,32,33,34)/t10-,11+,17-/m1/s1. The Bertz CT molecular complexity index is 1450. The fourth-order valence-corrected chi connectivity index (χ4v) is 5.78. The molecule has 0 unspecified atom stereocenters. The first-order valence-electron chi connectivity index (χ1n) is 12.0. The van der Waals surface area contributed by atoms with Gasteiger partial charge in [-0.2, -0.15) is 9.67 Å². The highest BCUT2D eigenvalue weighted by Gasteiger charge is 2.63. The Balaban J connectivity index is 1.53. The van der Waals surface area contributed by atoms with E-state index in [1.165, 1.54) is 18.1 Å². The number of imide groups is 2. The topological polar surface area (TPSA) is 163 Å². The molecule has 2 fully saturated rings. The number of anilines is 1. The molecule has 14 nitrogen and oxygen atoms in total. The zero-order chi connectivity index (χ0) is 26.8. The van der Waals surface area contributed by atoms with E-state index in [0.717, 1.165) is 0 Å². The number of ether oxygens (including phenoxy) is 3. The van der Waals surface area contributed by atoms with E-state index in [2.05, 4.69) is 25.9 Å². The first-order valence-corrected chi connectivity index (χ1v) is 12.0. The van der Waals surface area contributed by atoms with Crippen molar-refractivity contribution in [1.82, 2.24) is 30.6 Å². The minimum Gasteiger partial charge on any atom is -0.461 e. The van der Waals surface area contributed by atoms with E-state index in [-0.39, 0.29) is 54.2 Å². The zero-order valence-electron chi connectivity index (χ0n) is 20.7. The number of morpholine rings is 1. The van der Waals surface area contributed by atoms with Gasteiger partial charge < -0.3 is 23.6 Å². The number of hydrogen-bond acceptors (Lipinski definition) is 11. The van der Waals surface area contributed by atoms with Crippen molar-refractivity contribution >= 4 is 34.5 Å². The van der Waals surface area contributed by atoms with Gasteiger partial charge >= 0.3 is 12.0 Å². The largest absolute Gasteiger partial charge is 0.461 e. The fourth-order valence-electron chi connectivity index (χ4n) is 5.78. The maximum Gasteiger partial charge on any atom is 0.328 e. The lowest BCUT2D eigenvalue weighted by Crippen LogP contribution is -2.75. The van der Waals surface area contributed by atoms with Crippen molar-refractivity contribution in [2.45, 2.75) is 38.5 Å². The highest BCUT2D eigenvalue weighted by atomic mass is 19.1. The van der Waals surface area contributed by atoms with Crippen molar-refractivity contribution in [3.8, 4) is 11.8 Å². The average molecular weight is 529 g/mol. The molecule has 2 aromatic heterocycles. The number of hydrogen-bond donors (Lipinski definition) is 2. The maximum atomic E-state index is 16.2. The highest BCUT2D eigenvalue weighted by Crippen LogP contribution is 2.49. The normalized spacial score (nSPS) is 24.3. The van der Waals surface area contributed by atoms with Gasteiger partial charge in [-0.3, -0.25) is 20.2 Å². The van der Waals surface area contributed by atoms with Crippen LogP contribution in [0.1, 0.15) is 19.4 Å². The Morgan fingerprint density at radius 2 is 1.97 bits per heavy atom. The molecule has 15 heteroatoms. The minimum atomic E-state index is -1.75. The molecule has 2 N–H and O–H groups in total. The zero-order valence-corrected chi connectivity index (χ0v) is 20.7. The summed E-state index contributed by atoms with van der Waals surface area (Å²) in [7, 11) is 1.53. The average Bonchev–Trinajstić information content (AvgIpc) is 3.49. The Kier molecular flexibility index (Phi) is 5.57. The number of fused-ring (bicyclic) bond motifs is 5. The summed E-state index contributed by atoms with van der Waals surface area (Å²) in [6.07, 6.45) is 0.0888. The number of aromatic nitrogens is 4. The maximum absolute atomic E-state index is 16.2. The van der Waals surface area contributed by atoms with Crippen LogP contribution in [0, 0.1) is 11.2 Å². The van der Waals surface area contributed by atoms with Crippen LogP contribution in [0.15, 0.2) is 16.9 Å². The predicted octanol–water partition coefficient (Wildman–Crippen LogP) is 0.464. The van der Waals surface area contributed by atoms with Crippen LogP contribution < -0.4 is 20.3 Å². The third kappa shape index (κ3) is 3.38. The molecular weight excluding hydrogens is 505 g/mol. The summed E-state index contributed by atoms with van der Waals surface area (Å²) in [6.45, 7) is 4.23. The summed E-state index contributed by atoms with van der Waals surface area (Å²) < 4.78 is 39.4. The molecule has 3 aromatic rings. The molecule has 5 heterocycles. The molecule has 200 valence electrons. The van der Waals surface area contributed by atoms with Gasteiger partial charge in [0.2, 0.25) is 23.2 Å². The predicted molar refractivity (Wildman–Crippen MR) is 125 cm³/mol. The molecule has 0 aliphatic carbocycles. The monoisotopic (exact) mass is 529 g/mol. The van der Waals surface area contributed by atoms with Crippen molar-refractivity contribution in [3.05, 3.63) is 23.8 Å². The number of rotatable bonds is 5. The van der Waals surface area contributed by atoms with E-state index in [1.54, 1.807) is 17.9 Å². The number of amides is 4. The third-order valence-electron chi connectivity index (χ3n) is 7.18. The van der Waals surface area contributed by atoms with Gasteiger partial charge in [0.25, 0.3) is 0 Å². The van der Waals surface area contributed by atoms with Gasteiger partial charge in [0.1, 0.15) is 12.9 Å². The Labute approximate surface area is 214 Å². The number of barbiturate groups is 1. The Morgan fingerprint density at radius 3 is 2.71 bits per heavy atom. The number of benzene rings is 1. The van der Waals surface area contributed by atoms with E-state index in [1.807, 2.05) is 6.92 Å².